The minimum atomic E-state index is -0.542. The van der Waals surface area contributed by atoms with Gasteiger partial charge in [-0.05, 0) is 51.8 Å². The van der Waals surface area contributed by atoms with Crippen molar-refractivity contribution in [1.29, 1.82) is 0 Å². The van der Waals surface area contributed by atoms with Crippen molar-refractivity contribution in [2.75, 3.05) is 19.6 Å². The lowest BCUT2D eigenvalue weighted by molar-refractivity contribution is -0.129. The molecule has 0 aromatic heterocycles. The molecule has 3 rings (SSSR count). The van der Waals surface area contributed by atoms with E-state index in [4.69, 9.17) is 16.3 Å². The van der Waals surface area contributed by atoms with Crippen LogP contribution in [0.1, 0.15) is 77.7 Å². The molecule has 1 heterocycles. The molecule has 0 atom stereocenters. The van der Waals surface area contributed by atoms with Crippen molar-refractivity contribution in [3.63, 3.8) is 0 Å². The van der Waals surface area contributed by atoms with Gasteiger partial charge in [0.15, 0.2) is 0 Å². The first kappa shape index (κ1) is 29.6. The number of benzene rings is 1. The van der Waals surface area contributed by atoms with E-state index in [9.17, 15) is 19.5 Å². The van der Waals surface area contributed by atoms with Crippen LogP contribution in [0.25, 0.3) is 0 Å². The fourth-order valence-corrected chi connectivity index (χ4v) is 3.64. The van der Waals surface area contributed by atoms with E-state index >= 15 is 0 Å². The number of halogens is 1. The lowest BCUT2D eigenvalue weighted by atomic mass is 10.0. The van der Waals surface area contributed by atoms with Crippen molar-refractivity contribution in [1.82, 2.24) is 15.5 Å². The molecule has 8 nitrogen and oxygen atoms in total. The number of nitrogens with one attached hydrogen (secondary N) is 2. The summed E-state index contributed by atoms with van der Waals surface area (Å²) in [4.78, 5) is 34.6. The number of amides is 3. The van der Waals surface area contributed by atoms with E-state index in [0.717, 1.165) is 25.9 Å². The van der Waals surface area contributed by atoms with Crippen molar-refractivity contribution in [2.45, 2.75) is 84.3 Å². The van der Waals surface area contributed by atoms with Gasteiger partial charge in [0.2, 0.25) is 12.3 Å². The zero-order chi connectivity index (χ0) is 25.4. The predicted molar refractivity (Wildman–Crippen MR) is 134 cm³/mol. The van der Waals surface area contributed by atoms with E-state index < -0.39 is 11.7 Å². The summed E-state index contributed by atoms with van der Waals surface area (Å²) in [7, 11) is 0. The van der Waals surface area contributed by atoms with Crippen molar-refractivity contribution in [2.24, 2.45) is 0 Å². The lowest BCUT2D eigenvalue weighted by Gasteiger charge is -2.20. The van der Waals surface area contributed by atoms with Crippen molar-refractivity contribution < 1.29 is 24.2 Å². The van der Waals surface area contributed by atoms with Gasteiger partial charge in [0.25, 0.3) is 0 Å². The summed E-state index contributed by atoms with van der Waals surface area (Å²) in [5.41, 5.74) is 0.0791. The molecule has 3 N–H and O–H groups in total. The van der Waals surface area contributed by atoms with Gasteiger partial charge in [-0.3, -0.25) is 9.59 Å². The van der Waals surface area contributed by atoms with Crippen LogP contribution in [0.4, 0.5) is 4.79 Å². The Hall–Kier alpha value is -2.48. The number of ether oxygens (including phenoxy) is 1. The van der Waals surface area contributed by atoms with Crippen LogP contribution in [0.3, 0.4) is 0 Å². The molecule has 0 unspecified atom stereocenters. The van der Waals surface area contributed by atoms with Crippen LogP contribution in [0.2, 0.25) is 5.02 Å². The second kappa shape index (κ2) is 16.2. The molecule has 0 spiro atoms. The third kappa shape index (κ3) is 13.9. The number of likely N-dealkylation sites (tertiary alicyclic amines) is 1. The van der Waals surface area contributed by atoms with E-state index in [1.165, 1.54) is 44.6 Å². The first-order valence-electron chi connectivity index (χ1n) is 12.0. The maximum atomic E-state index is 11.6. The Labute approximate surface area is 208 Å². The standard InChI is InChI=1S/C11H20N2O3.C8H8ClNO2.C6H12/c1-11(2,3)16-10(15)12-8-9(14)13-6-4-5-7-13;9-7-1-2-8(12)6(3-7)4-10-5-11;1-2-4-6-5-3-1/h4-8H2,1-3H3,(H,12,15);1-3,5,12H,4H2,(H,10,11);1-6H2. The van der Waals surface area contributed by atoms with Crippen LogP contribution < -0.4 is 10.6 Å². The van der Waals surface area contributed by atoms with Crippen LogP contribution in [-0.2, 0) is 20.9 Å². The number of hydrogen-bond donors (Lipinski definition) is 3. The number of carbonyl (C=O) groups excluding carboxylic acids is 3. The summed E-state index contributed by atoms with van der Waals surface area (Å²) in [5.74, 6) is 0.0945. The Kier molecular flexibility index (Phi) is 14.1. The molecule has 1 saturated carbocycles. The van der Waals surface area contributed by atoms with Gasteiger partial charge in [-0.25, -0.2) is 4.79 Å². The Morgan fingerprint density at radius 3 is 2.12 bits per heavy atom. The van der Waals surface area contributed by atoms with E-state index in [0.29, 0.717) is 17.0 Å². The smallest absolute Gasteiger partial charge is 0.408 e. The monoisotopic (exact) mass is 497 g/mol. The molecule has 34 heavy (non-hydrogen) atoms. The summed E-state index contributed by atoms with van der Waals surface area (Å²) >= 11 is 5.67. The van der Waals surface area contributed by atoms with Gasteiger partial charge in [-0.1, -0.05) is 50.1 Å². The second-order valence-corrected chi connectivity index (χ2v) is 9.77. The highest BCUT2D eigenvalue weighted by atomic mass is 35.5. The van der Waals surface area contributed by atoms with Crippen LogP contribution in [-0.4, -0.2) is 53.7 Å². The summed E-state index contributed by atoms with van der Waals surface area (Å²) in [6.07, 6.45) is 11.1. The second-order valence-electron chi connectivity index (χ2n) is 9.34. The van der Waals surface area contributed by atoms with Crippen LogP contribution in [0, 0.1) is 0 Å². The Morgan fingerprint density at radius 2 is 1.62 bits per heavy atom. The SMILES string of the molecule is C1CCCCC1.CC(C)(C)OC(=O)NCC(=O)N1CCCC1.O=CNCc1cc(Cl)ccc1O. The lowest BCUT2D eigenvalue weighted by Crippen LogP contribution is -2.40. The third-order valence-corrected chi connectivity index (χ3v) is 5.39. The Morgan fingerprint density at radius 1 is 1.06 bits per heavy atom. The van der Waals surface area contributed by atoms with Crippen molar-refractivity contribution >= 4 is 30.0 Å². The molecule has 1 aliphatic carbocycles. The molecule has 9 heteroatoms. The number of phenols is 1. The van der Waals surface area contributed by atoms with Crippen molar-refractivity contribution in [3.8, 4) is 5.75 Å². The highest BCUT2D eigenvalue weighted by molar-refractivity contribution is 6.30. The Bertz CT molecular complexity index is 746. The Balaban J connectivity index is 0.000000280. The normalized spacial score (nSPS) is 15.1. The fourth-order valence-electron chi connectivity index (χ4n) is 3.45. The molecule has 1 aromatic rings. The number of nitrogens with zero attached hydrogens (tertiary/aromatic N) is 1. The van der Waals surface area contributed by atoms with Gasteiger partial charge in [0.1, 0.15) is 17.9 Å². The summed E-state index contributed by atoms with van der Waals surface area (Å²) < 4.78 is 5.03. The van der Waals surface area contributed by atoms with E-state index in [-0.39, 0.29) is 24.7 Å². The van der Waals surface area contributed by atoms with Gasteiger partial charge >= 0.3 is 6.09 Å². The van der Waals surface area contributed by atoms with Gasteiger partial charge in [0.05, 0.1) is 0 Å². The summed E-state index contributed by atoms with van der Waals surface area (Å²) in [5, 5.41) is 14.7. The fraction of sp³-hybridized carbons (Fsp3) is 0.640. The highest BCUT2D eigenvalue weighted by Crippen LogP contribution is 2.20. The van der Waals surface area contributed by atoms with Gasteiger partial charge < -0.3 is 25.4 Å². The zero-order valence-corrected chi connectivity index (χ0v) is 21.5. The van der Waals surface area contributed by atoms with Crippen LogP contribution in [0.15, 0.2) is 18.2 Å². The molecular weight excluding hydrogens is 458 g/mol. The average molecular weight is 498 g/mol. The molecule has 1 aliphatic heterocycles. The minimum absolute atomic E-state index is 0.0227. The molecule has 1 saturated heterocycles. The number of alkyl carbamates (subject to hydrolysis) is 1. The molecule has 2 fully saturated rings. The average Bonchev–Trinajstić information content (AvgIpc) is 3.34. The topological polar surface area (TPSA) is 108 Å². The number of phenolic OH excluding ortho intramolecular Hbond substituents is 1. The molecule has 2 aliphatic rings. The first-order valence-corrected chi connectivity index (χ1v) is 12.4. The summed E-state index contributed by atoms with van der Waals surface area (Å²) in [6.45, 7) is 7.27. The molecule has 1 aromatic carbocycles. The number of rotatable bonds is 5. The largest absolute Gasteiger partial charge is 0.508 e. The molecule has 0 radical (unpaired) electrons. The molecule has 3 amide bonds. The van der Waals surface area contributed by atoms with Gasteiger partial charge in [-0.2, -0.15) is 0 Å². The molecule has 0 bridgehead atoms. The predicted octanol–water partition coefficient (Wildman–Crippen LogP) is 4.77. The zero-order valence-electron chi connectivity index (χ0n) is 20.7. The summed E-state index contributed by atoms with van der Waals surface area (Å²) in [6, 6.07) is 4.68. The third-order valence-electron chi connectivity index (χ3n) is 5.16. The van der Waals surface area contributed by atoms with Gasteiger partial charge in [-0.15, -0.1) is 0 Å². The van der Waals surface area contributed by atoms with E-state index in [1.807, 2.05) is 0 Å². The maximum absolute atomic E-state index is 11.6. The first-order chi connectivity index (χ1) is 16.1. The molecule has 192 valence electrons. The minimum Gasteiger partial charge on any atom is -0.508 e. The van der Waals surface area contributed by atoms with Gasteiger partial charge in [0, 0.05) is 30.2 Å². The van der Waals surface area contributed by atoms with Crippen LogP contribution >= 0.6 is 11.6 Å². The maximum Gasteiger partial charge on any atom is 0.408 e. The number of carbonyl (C=O) groups is 3. The quantitative estimate of drug-likeness (QED) is 0.508. The number of aromatic hydroxyl groups is 1. The number of hydrogen-bond acceptors (Lipinski definition) is 5. The highest BCUT2D eigenvalue weighted by Gasteiger charge is 2.20. The molecular formula is C25H40ClN3O5. The van der Waals surface area contributed by atoms with Crippen LogP contribution in [0.5, 0.6) is 5.75 Å². The van der Waals surface area contributed by atoms with E-state index in [2.05, 4.69) is 10.6 Å². The van der Waals surface area contributed by atoms with E-state index in [1.54, 1.807) is 37.8 Å². The van der Waals surface area contributed by atoms with Crippen molar-refractivity contribution in [3.05, 3.63) is 28.8 Å².